The summed E-state index contributed by atoms with van der Waals surface area (Å²) in [6.07, 6.45) is -17.1. The largest absolute Gasteiger partial charge is 0.434 e. The van der Waals surface area contributed by atoms with Crippen molar-refractivity contribution < 1.29 is 35.9 Å². The van der Waals surface area contributed by atoms with Crippen LogP contribution < -0.4 is 0 Å². The van der Waals surface area contributed by atoms with Crippen LogP contribution in [-0.2, 0) is 4.74 Å². The van der Waals surface area contributed by atoms with Crippen LogP contribution in [0.4, 0.5) is 31.1 Å². The summed E-state index contributed by atoms with van der Waals surface area (Å²) in [6, 6.07) is 0. The molecule has 1 saturated heterocycles. The third kappa shape index (κ3) is 4.48. The molecular formula is C8H11BF6N2O2. The Balaban J connectivity index is 2.67. The Morgan fingerprint density at radius 1 is 1.00 bits per heavy atom. The fourth-order valence-electron chi connectivity index (χ4n) is 1.48. The third-order valence-electron chi connectivity index (χ3n) is 2.57. The maximum absolute atomic E-state index is 12.2. The number of carbonyl (C=O) groups is 1. The molecule has 1 aliphatic rings. The van der Waals surface area contributed by atoms with Gasteiger partial charge in [-0.05, 0) is 0 Å². The van der Waals surface area contributed by atoms with Crippen molar-refractivity contribution in [2.24, 2.45) is 0 Å². The molecule has 0 atom stereocenters. The molecule has 1 heterocycles. The molecule has 0 N–H and O–H groups in total. The molecule has 0 spiro atoms. The van der Waals surface area contributed by atoms with Gasteiger partial charge in [0.25, 0.3) is 6.10 Å². The van der Waals surface area contributed by atoms with Crippen molar-refractivity contribution in [2.75, 3.05) is 26.2 Å². The Hall–Kier alpha value is -1.13. The first-order chi connectivity index (χ1) is 8.51. The van der Waals surface area contributed by atoms with Gasteiger partial charge in [0.2, 0.25) is 0 Å². The molecule has 0 aliphatic carbocycles. The summed E-state index contributed by atoms with van der Waals surface area (Å²) in [5.41, 5.74) is 0. The topological polar surface area (TPSA) is 32.8 Å². The fraction of sp³-hybridized carbons (Fsp3) is 0.875. The van der Waals surface area contributed by atoms with Crippen LogP contribution in [0.1, 0.15) is 0 Å². The third-order valence-corrected chi connectivity index (χ3v) is 2.57. The average Bonchev–Trinajstić information content (AvgIpc) is 2.23. The first-order valence-corrected chi connectivity index (χ1v) is 5.29. The van der Waals surface area contributed by atoms with Gasteiger partial charge >= 0.3 is 18.4 Å². The van der Waals surface area contributed by atoms with Gasteiger partial charge in [-0.15, -0.1) is 0 Å². The van der Waals surface area contributed by atoms with E-state index in [2.05, 4.69) is 4.74 Å². The minimum absolute atomic E-state index is 0.0256. The number of amides is 1. The van der Waals surface area contributed by atoms with Gasteiger partial charge in [-0.2, -0.15) is 26.3 Å². The molecule has 110 valence electrons. The molecule has 4 nitrogen and oxygen atoms in total. The van der Waals surface area contributed by atoms with Gasteiger partial charge in [0.15, 0.2) is 7.98 Å². The van der Waals surface area contributed by atoms with Crippen molar-refractivity contribution in [3.8, 4) is 0 Å². The molecule has 0 aromatic heterocycles. The highest BCUT2D eigenvalue weighted by Crippen LogP contribution is 2.36. The van der Waals surface area contributed by atoms with Crippen LogP contribution in [0.25, 0.3) is 0 Å². The zero-order chi connectivity index (χ0) is 14.8. The summed E-state index contributed by atoms with van der Waals surface area (Å²) in [4.78, 5) is 13.9. The van der Waals surface area contributed by atoms with Crippen molar-refractivity contribution >= 4 is 14.1 Å². The standard InChI is InChI=1S/C8H11BF6N2O2/c9-17-3-1-16(2-4-17)6(18)19-5(7(10,11)12)8(13,14)15/h5H,1-4,9H2. The van der Waals surface area contributed by atoms with Gasteiger partial charge in [0, 0.05) is 26.2 Å². The van der Waals surface area contributed by atoms with E-state index in [-0.39, 0.29) is 13.1 Å². The van der Waals surface area contributed by atoms with Crippen molar-refractivity contribution in [2.45, 2.75) is 18.5 Å². The van der Waals surface area contributed by atoms with Crippen molar-refractivity contribution in [1.29, 1.82) is 0 Å². The Kier molecular flexibility index (Phi) is 4.59. The minimum atomic E-state index is -5.68. The number of nitrogens with zero attached hydrogens (tertiary/aromatic N) is 2. The highest BCUT2D eigenvalue weighted by Gasteiger charge is 2.60. The predicted octanol–water partition coefficient (Wildman–Crippen LogP) is 0.782. The normalized spacial score (nSPS) is 18.8. The molecule has 0 aromatic carbocycles. The van der Waals surface area contributed by atoms with E-state index in [1.165, 1.54) is 0 Å². The van der Waals surface area contributed by atoms with E-state index in [4.69, 9.17) is 0 Å². The minimum Gasteiger partial charge on any atom is -0.426 e. The molecule has 1 rings (SSSR count). The lowest BCUT2D eigenvalue weighted by atomic mass is 10.2. The van der Waals surface area contributed by atoms with Crippen LogP contribution in [-0.4, -0.2) is 68.4 Å². The molecule has 0 unspecified atom stereocenters. The molecule has 1 fully saturated rings. The molecular weight excluding hydrogens is 281 g/mol. The average molecular weight is 292 g/mol. The summed E-state index contributed by atoms with van der Waals surface area (Å²) >= 11 is 0. The monoisotopic (exact) mass is 292 g/mol. The van der Waals surface area contributed by atoms with Crippen LogP contribution in [0.3, 0.4) is 0 Å². The van der Waals surface area contributed by atoms with Gasteiger partial charge < -0.3 is 14.4 Å². The number of carbonyl (C=O) groups excluding carboxylic acids is 1. The zero-order valence-electron chi connectivity index (χ0n) is 9.88. The van der Waals surface area contributed by atoms with Crippen LogP contribution in [0.15, 0.2) is 0 Å². The lowest BCUT2D eigenvalue weighted by Gasteiger charge is -2.33. The maximum Gasteiger partial charge on any atom is 0.434 e. The Labute approximate surface area is 105 Å². The van der Waals surface area contributed by atoms with Gasteiger partial charge in [-0.25, -0.2) is 4.79 Å². The van der Waals surface area contributed by atoms with Gasteiger partial charge in [-0.1, -0.05) is 0 Å². The fourth-order valence-corrected chi connectivity index (χ4v) is 1.48. The van der Waals surface area contributed by atoms with Gasteiger partial charge in [0.05, 0.1) is 0 Å². The van der Waals surface area contributed by atoms with Crippen molar-refractivity contribution in [3.63, 3.8) is 0 Å². The number of piperazine rings is 1. The van der Waals surface area contributed by atoms with E-state index in [0.29, 0.717) is 13.1 Å². The van der Waals surface area contributed by atoms with E-state index in [1.54, 1.807) is 12.8 Å². The zero-order valence-corrected chi connectivity index (χ0v) is 9.88. The molecule has 0 aromatic rings. The lowest BCUT2D eigenvalue weighted by molar-refractivity contribution is -0.308. The molecule has 0 radical (unpaired) electrons. The van der Waals surface area contributed by atoms with E-state index < -0.39 is 24.5 Å². The number of hydrogen-bond donors (Lipinski definition) is 0. The number of halogens is 6. The summed E-state index contributed by atoms with van der Waals surface area (Å²) in [5.74, 6) is 0. The predicted molar refractivity (Wildman–Crippen MR) is 54.1 cm³/mol. The first kappa shape index (κ1) is 15.9. The maximum atomic E-state index is 12.2. The summed E-state index contributed by atoms with van der Waals surface area (Å²) < 4.78 is 76.7. The second-order valence-electron chi connectivity index (χ2n) is 4.14. The highest BCUT2D eigenvalue weighted by molar-refractivity contribution is 6.04. The number of alkyl halides is 6. The van der Waals surface area contributed by atoms with Crippen LogP contribution in [0, 0.1) is 0 Å². The number of hydrogen-bond acceptors (Lipinski definition) is 3. The Bertz CT molecular complexity index is 312. The number of ether oxygens (including phenoxy) is 1. The SMILES string of the molecule is BN1CCN(C(=O)OC(C(F)(F)F)C(F)(F)F)CC1. The Morgan fingerprint density at radius 3 is 1.79 bits per heavy atom. The lowest BCUT2D eigenvalue weighted by Crippen LogP contribution is -2.52. The van der Waals surface area contributed by atoms with Gasteiger partial charge in [-0.3, -0.25) is 0 Å². The van der Waals surface area contributed by atoms with Crippen LogP contribution in [0.5, 0.6) is 0 Å². The second kappa shape index (κ2) is 5.47. The molecule has 0 saturated carbocycles. The van der Waals surface area contributed by atoms with Gasteiger partial charge in [0.1, 0.15) is 0 Å². The van der Waals surface area contributed by atoms with E-state index in [0.717, 1.165) is 4.90 Å². The molecule has 0 bridgehead atoms. The quantitative estimate of drug-likeness (QED) is 0.529. The molecule has 11 heteroatoms. The molecule has 1 aliphatic heterocycles. The number of rotatable bonds is 1. The van der Waals surface area contributed by atoms with E-state index >= 15 is 0 Å². The van der Waals surface area contributed by atoms with Crippen molar-refractivity contribution in [1.82, 2.24) is 9.71 Å². The first-order valence-electron chi connectivity index (χ1n) is 5.29. The second-order valence-corrected chi connectivity index (χ2v) is 4.14. The van der Waals surface area contributed by atoms with Crippen LogP contribution in [0.2, 0.25) is 0 Å². The Morgan fingerprint density at radius 2 is 1.42 bits per heavy atom. The highest BCUT2D eigenvalue weighted by atomic mass is 19.4. The van der Waals surface area contributed by atoms with E-state index in [9.17, 15) is 31.1 Å². The smallest absolute Gasteiger partial charge is 0.426 e. The van der Waals surface area contributed by atoms with E-state index in [1.807, 2.05) is 0 Å². The van der Waals surface area contributed by atoms with Crippen LogP contribution >= 0.6 is 0 Å². The summed E-state index contributed by atoms with van der Waals surface area (Å²) in [7, 11) is 1.72. The summed E-state index contributed by atoms with van der Waals surface area (Å²) in [6.45, 7) is 0.769. The summed E-state index contributed by atoms with van der Waals surface area (Å²) in [5, 5.41) is 0. The van der Waals surface area contributed by atoms with Crippen molar-refractivity contribution in [3.05, 3.63) is 0 Å². The molecule has 19 heavy (non-hydrogen) atoms. The molecule has 1 amide bonds.